The van der Waals surface area contributed by atoms with Crippen LogP contribution in [0.5, 0.6) is 5.75 Å². The summed E-state index contributed by atoms with van der Waals surface area (Å²) in [6.07, 6.45) is 0.0444. The second-order valence-electron chi connectivity index (χ2n) is 5.90. The van der Waals surface area contributed by atoms with Gasteiger partial charge in [-0.1, -0.05) is 34.1 Å². The van der Waals surface area contributed by atoms with Gasteiger partial charge >= 0.3 is 0 Å². The number of ether oxygens (including phenoxy) is 1. The number of benzene rings is 2. The maximum absolute atomic E-state index is 12.2. The molecule has 0 radical (unpaired) electrons. The zero-order valence-electron chi connectivity index (χ0n) is 15.2. The fourth-order valence-corrected chi connectivity index (χ4v) is 4.08. The van der Waals surface area contributed by atoms with Gasteiger partial charge in [0.1, 0.15) is 5.75 Å². The monoisotopic (exact) mass is 454 g/mol. The summed E-state index contributed by atoms with van der Waals surface area (Å²) in [7, 11) is -3.65. The lowest BCUT2D eigenvalue weighted by Crippen LogP contribution is -2.32. The van der Waals surface area contributed by atoms with Crippen molar-refractivity contribution >= 4 is 31.9 Å². The van der Waals surface area contributed by atoms with Crippen molar-refractivity contribution in [3.05, 3.63) is 58.6 Å². The largest absolute Gasteiger partial charge is 0.494 e. The van der Waals surface area contributed by atoms with Gasteiger partial charge in [-0.25, -0.2) is 13.1 Å². The SMILES string of the molecule is CCOc1cccc(C(C)NC(=O)CCNS(=O)(=O)c2cccc(Br)c2)c1. The first kappa shape index (κ1) is 21.4. The summed E-state index contributed by atoms with van der Waals surface area (Å²) in [4.78, 5) is 12.3. The number of hydrogen-bond donors (Lipinski definition) is 2. The Morgan fingerprint density at radius 2 is 1.93 bits per heavy atom. The van der Waals surface area contributed by atoms with Crippen molar-refractivity contribution < 1.29 is 17.9 Å². The summed E-state index contributed by atoms with van der Waals surface area (Å²) >= 11 is 3.24. The van der Waals surface area contributed by atoms with Gasteiger partial charge < -0.3 is 10.1 Å². The molecular formula is C19H23BrN2O4S. The first-order chi connectivity index (χ1) is 12.8. The van der Waals surface area contributed by atoms with E-state index in [1.807, 2.05) is 38.1 Å². The number of carbonyl (C=O) groups is 1. The molecule has 0 fully saturated rings. The Morgan fingerprint density at radius 3 is 2.63 bits per heavy atom. The number of rotatable bonds is 9. The number of nitrogens with one attached hydrogen (secondary N) is 2. The fourth-order valence-electron chi connectivity index (χ4n) is 2.45. The zero-order chi connectivity index (χ0) is 19.9. The molecule has 6 nitrogen and oxygen atoms in total. The van der Waals surface area contributed by atoms with Crippen LogP contribution >= 0.6 is 15.9 Å². The van der Waals surface area contributed by atoms with Gasteiger partial charge in [-0.3, -0.25) is 4.79 Å². The second-order valence-corrected chi connectivity index (χ2v) is 8.58. The topological polar surface area (TPSA) is 84.5 Å². The van der Waals surface area contributed by atoms with E-state index in [1.165, 1.54) is 12.1 Å². The van der Waals surface area contributed by atoms with Gasteiger partial charge in [-0.05, 0) is 49.7 Å². The molecule has 1 unspecified atom stereocenters. The summed E-state index contributed by atoms with van der Waals surface area (Å²) in [6, 6.07) is 13.7. The van der Waals surface area contributed by atoms with Crippen molar-refractivity contribution in [2.75, 3.05) is 13.2 Å². The van der Waals surface area contributed by atoms with Crippen molar-refractivity contribution in [1.82, 2.24) is 10.0 Å². The molecule has 1 amide bonds. The van der Waals surface area contributed by atoms with E-state index in [1.54, 1.807) is 12.1 Å². The first-order valence-electron chi connectivity index (χ1n) is 8.59. The van der Waals surface area contributed by atoms with Crippen LogP contribution < -0.4 is 14.8 Å². The number of hydrogen-bond acceptors (Lipinski definition) is 4. The fraction of sp³-hybridized carbons (Fsp3) is 0.316. The average Bonchev–Trinajstić information content (AvgIpc) is 2.62. The predicted molar refractivity (Wildman–Crippen MR) is 108 cm³/mol. The van der Waals surface area contributed by atoms with Crippen LogP contribution in [0.15, 0.2) is 57.9 Å². The van der Waals surface area contributed by atoms with Crippen LogP contribution in [-0.2, 0) is 14.8 Å². The van der Waals surface area contributed by atoms with Crippen LogP contribution in [0.25, 0.3) is 0 Å². The summed E-state index contributed by atoms with van der Waals surface area (Å²) in [5.41, 5.74) is 0.920. The van der Waals surface area contributed by atoms with E-state index in [4.69, 9.17) is 4.74 Å². The quantitative estimate of drug-likeness (QED) is 0.607. The van der Waals surface area contributed by atoms with Gasteiger partial charge in [0.05, 0.1) is 17.5 Å². The van der Waals surface area contributed by atoms with Crippen LogP contribution in [0.4, 0.5) is 0 Å². The third-order valence-electron chi connectivity index (χ3n) is 3.80. The van der Waals surface area contributed by atoms with Crippen LogP contribution in [0.2, 0.25) is 0 Å². The highest BCUT2D eigenvalue weighted by molar-refractivity contribution is 9.10. The molecule has 0 aliphatic heterocycles. The lowest BCUT2D eigenvalue weighted by atomic mass is 10.1. The van der Waals surface area contributed by atoms with E-state index in [9.17, 15) is 13.2 Å². The molecule has 146 valence electrons. The highest BCUT2D eigenvalue weighted by Gasteiger charge is 2.15. The Hall–Kier alpha value is -1.90. The highest BCUT2D eigenvalue weighted by atomic mass is 79.9. The molecule has 0 spiro atoms. The van der Waals surface area contributed by atoms with E-state index in [2.05, 4.69) is 26.0 Å². The minimum absolute atomic E-state index is 0.0202. The van der Waals surface area contributed by atoms with Crippen molar-refractivity contribution in [2.24, 2.45) is 0 Å². The number of carbonyl (C=O) groups excluding carboxylic acids is 1. The molecule has 2 aromatic rings. The van der Waals surface area contributed by atoms with Crippen molar-refractivity contribution in [1.29, 1.82) is 0 Å². The van der Waals surface area contributed by atoms with E-state index in [0.29, 0.717) is 11.1 Å². The lowest BCUT2D eigenvalue weighted by molar-refractivity contribution is -0.121. The third kappa shape index (κ3) is 6.64. The predicted octanol–water partition coefficient (Wildman–Crippen LogP) is 3.39. The van der Waals surface area contributed by atoms with Gasteiger partial charge in [0.25, 0.3) is 0 Å². The molecule has 2 rings (SSSR count). The smallest absolute Gasteiger partial charge is 0.240 e. The summed E-state index contributed by atoms with van der Waals surface area (Å²) in [6.45, 7) is 4.37. The third-order valence-corrected chi connectivity index (χ3v) is 5.75. The molecule has 8 heteroatoms. The molecule has 0 aromatic heterocycles. The first-order valence-corrected chi connectivity index (χ1v) is 10.9. The van der Waals surface area contributed by atoms with Crippen LogP contribution in [0, 0.1) is 0 Å². The molecule has 0 bridgehead atoms. The molecule has 2 aromatic carbocycles. The molecule has 0 saturated heterocycles. The van der Waals surface area contributed by atoms with E-state index < -0.39 is 10.0 Å². The average molecular weight is 455 g/mol. The normalized spacial score (nSPS) is 12.4. The van der Waals surface area contributed by atoms with Crippen LogP contribution in [-0.4, -0.2) is 27.5 Å². The Balaban J connectivity index is 1.86. The van der Waals surface area contributed by atoms with Crippen molar-refractivity contribution in [3.8, 4) is 5.75 Å². The minimum atomic E-state index is -3.65. The molecule has 1 atom stereocenters. The summed E-state index contributed by atoms with van der Waals surface area (Å²) in [5.74, 6) is 0.513. The Labute approximate surface area is 168 Å². The van der Waals surface area contributed by atoms with Crippen molar-refractivity contribution in [3.63, 3.8) is 0 Å². The van der Waals surface area contributed by atoms with Crippen LogP contribution in [0.1, 0.15) is 31.9 Å². The standard InChI is InChI=1S/C19H23BrN2O4S/c1-3-26-17-8-4-6-15(12-17)14(2)22-19(23)10-11-21-27(24,25)18-9-5-7-16(20)13-18/h4-9,12-14,21H,3,10-11H2,1-2H3,(H,22,23). The molecule has 2 N–H and O–H groups in total. The number of amides is 1. The highest BCUT2D eigenvalue weighted by Crippen LogP contribution is 2.19. The molecular weight excluding hydrogens is 432 g/mol. The lowest BCUT2D eigenvalue weighted by Gasteiger charge is -2.15. The maximum atomic E-state index is 12.2. The molecule has 0 heterocycles. The van der Waals surface area contributed by atoms with Crippen LogP contribution in [0.3, 0.4) is 0 Å². The van der Waals surface area contributed by atoms with Gasteiger partial charge in [0, 0.05) is 17.4 Å². The minimum Gasteiger partial charge on any atom is -0.494 e. The Bertz CT molecular complexity index is 887. The van der Waals surface area contributed by atoms with E-state index >= 15 is 0 Å². The van der Waals surface area contributed by atoms with Crippen molar-refractivity contribution in [2.45, 2.75) is 31.2 Å². The molecule has 27 heavy (non-hydrogen) atoms. The summed E-state index contributed by atoms with van der Waals surface area (Å²) in [5, 5.41) is 2.86. The summed E-state index contributed by atoms with van der Waals surface area (Å²) < 4.78 is 33.0. The maximum Gasteiger partial charge on any atom is 0.240 e. The molecule has 0 aliphatic carbocycles. The van der Waals surface area contributed by atoms with E-state index in [-0.39, 0.29) is 29.8 Å². The van der Waals surface area contributed by atoms with Gasteiger partial charge in [-0.15, -0.1) is 0 Å². The second kappa shape index (κ2) is 9.87. The van der Waals surface area contributed by atoms with E-state index in [0.717, 1.165) is 11.3 Å². The number of sulfonamides is 1. The molecule has 0 saturated carbocycles. The van der Waals surface area contributed by atoms with Gasteiger partial charge in [-0.2, -0.15) is 0 Å². The van der Waals surface area contributed by atoms with Gasteiger partial charge in [0.2, 0.25) is 15.9 Å². The Morgan fingerprint density at radius 1 is 1.19 bits per heavy atom. The Kier molecular flexibility index (Phi) is 7.82. The van der Waals surface area contributed by atoms with Gasteiger partial charge in [0.15, 0.2) is 0 Å². The molecule has 0 aliphatic rings. The zero-order valence-corrected chi connectivity index (χ0v) is 17.6. The number of halogens is 1.